The average Bonchev–Trinajstić information content (AvgIpc) is 2.55. The molecule has 0 bridgehead atoms. The summed E-state index contributed by atoms with van der Waals surface area (Å²) in [5, 5.41) is 14.4. The summed E-state index contributed by atoms with van der Waals surface area (Å²) in [6, 6.07) is 7.19. The summed E-state index contributed by atoms with van der Waals surface area (Å²) in [7, 11) is 0. The number of nitro benzene ring substituents is 1. The number of nitro groups is 1. The Balaban J connectivity index is 2.17. The predicted octanol–water partition coefficient (Wildman–Crippen LogP) is 5.13. The molecule has 1 heterocycles. The third-order valence-corrected chi connectivity index (χ3v) is 3.88. The molecular formula is C16H10ClF2N3O2. The van der Waals surface area contributed by atoms with E-state index in [1.54, 1.807) is 19.1 Å². The number of nitrogens with one attached hydrogen (secondary N) is 1. The average molecular weight is 350 g/mol. The second-order valence-electron chi connectivity index (χ2n) is 5.09. The number of fused-ring (bicyclic) bond motifs is 1. The summed E-state index contributed by atoms with van der Waals surface area (Å²) in [5.74, 6) is -2.15. The lowest BCUT2D eigenvalue weighted by molar-refractivity contribution is -0.383. The van der Waals surface area contributed by atoms with Gasteiger partial charge in [-0.05, 0) is 31.2 Å². The van der Waals surface area contributed by atoms with Crippen LogP contribution in [-0.2, 0) is 0 Å². The summed E-state index contributed by atoms with van der Waals surface area (Å²) >= 11 is 5.52. The zero-order chi connectivity index (χ0) is 17.4. The van der Waals surface area contributed by atoms with E-state index in [0.717, 1.165) is 0 Å². The molecule has 0 fully saturated rings. The molecule has 0 saturated heterocycles. The molecule has 0 spiro atoms. The van der Waals surface area contributed by atoms with Crippen molar-refractivity contribution in [2.45, 2.75) is 6.92 Å². The van der Waals surface area contributed by atoms with Gasteiger partial charge in [0.05, 0.1) is 21.0 Å². The van der Waals surface area contributed by atoms with Crippen LogP contribution in [0, 0.1) is 28.7 Å². The fourth-order valence-corrected chi connectivity index (χ4v) is 2.59. The standard InChI is InChI=1S/C16H10ClF2N3O2/c1-8-2-3-10-9(15(8)22(23)24)6-7-20-16(10)21-12-5-4-11(17)13(18)14(12)19/h2-7H,1H3,(H,20,21). The Bertz CT molecular complexity index is 979. The minimum atomic E-state index is -1.18. The summed E-state index contributed by atoms with van der Waals surface area (Å²) in [6.45, 7) is 1.62. The molecule has 2 aromatic carbocycles. The molecule has 3 aromatic rings. The second kappa shape index (κ2) is 6.01. The van der Waals surface area contributed by atoms with Gasteiger partial charge in [-0.2, -0.15) is 0 Å². The van der Waals surface area contributed by atoms with Crippen LogP contribution in [0.1, 0.15) is 5.56 Å². The number of hydrogen-bond acceptors (Lipinski definition) is 4. The third-order valence-electron chi connectivity index (χ3n) is 3.59. The van der Waals surface area contributed by atoms with Gasteiger partial charge < -0.3 is 5.32 Å². The molecule has 122 valence electrons. The van der Waals surface area contributed by atoms with Crippen molar-refractivity contribution in [3.8, 4) is 0 Å². The van der Waals surface area contributed by atoms with Crippen molar-refractivity contribution >= 4 is 39.6 Å². The number of nitrogens with zero attached hydrogens (tertiary/aromatic N) is 2. The minimum Gasteiger partial charge on any atom is -0.337 e. The Morgan fingerprint density at radius 1 is 1.12 bits per heavy atom. The second-order valence-corrected chi connectivity index (χ2v) is 5.50. The highest BCUT2D eigenvalue weighted by molar-refractivity contribution is 6.30. The van der Waals surface area contributed by atoms with E-state index >= 15 is 0 Å². The molecule has 3 rings (SSSR count). The van der Waals surface area contributed by atoms with Crippen LogP contribution in [0.5, 0.6) is 0 Å². The van der Waals surface area contributed by atoms with Gasteiger partial charge in [0.1, 0.15) is 5.82 Å². The first kappa shape index (κ1) is 16.1. The van der Waals surface area contributed by atoms with E-state index < -0.39 is 16.6 Å². The van der Waals surface area contributed by atoms with E-state index in [9.17, 15) is 18.9 Å². The molecule has 0 radical (unpaired) electrons. The lowest BCUT2D eigenvalue weighted by Crippen LogP contribution is -2.01. The van der Waals surface area contributed by atoms with Crippen molar-refractivity contribution in [1.29, 1.82) is 0 Å². The van der Waals surface area contributed by atoms with Crippen molar-refractivity contribution in [3.63, 3.8) is 0 Å². The largest absolute Gasteiger partial charge is 0.337 e. The number of anilines is 2. The van der Waals surface area contributed by atoms with Gasteiger partial charge in [0.25, 0.3) is 5.69 Å². The molecule has 0 aliphatic heterocycles. The van der Waals surface area contributed by atoms with Crippen LogP contribution in [0.3, 0.4) is 0 Å². The SMILES string of the molecule is Cc1ccc2c(Nc3ccc(Cl)c(F)c3F)nccc2c1[N+](=O)[O-]. The number of hydrogen-bond donors (Lipinski definition) is 1. The molecule has 24 heavy (non-hydrogen) atoms. The molecule has 0 unspecified atom stereocenters. The zero-order valence-corrected chi connectivity index (χ0v) is 13.1. The van der Waals surface area contributed by atoms with E-state index in [1.807, 2.05) is 0 Å². The van der Waals surface area contributed by atoms with Crippen molar-refractivity contribution in [2.24, 2.45) is 0 Å². The lowest BCUT2D eigenvalue weighted by atomic mass is 10.1. The first-order valence-electron chi connectivity index (χ1n) is 6.83. The van der Waals surface area contributed by atoms with Crippen LogP contribution >= 0.6 is 11.6 Å². The van der Waals surface area contributed by atoms with Crippen molar-refractivity contribution in [1.82, 2.24) is 4.98 Å². The summed E-state index contributed by atoms with van der Waals surface area (Å²) < 4.78 is 27.5. The molecule has 0 aliphatic rings. The van der Waals surface area contributed by atoms with E-state index in [4.69, 9.17) is 11.6 Å². The van der Waals surface area contributed by atoms with Crippen LogP contribution in [-0.4, -0.2) is 9.91 Å². The minimum absolute atomic E-state index is 0.0549. The number of aryl methyl sites for hydroxylation is 1. The zero-order valence-electron chi connectivity index (χ0n) is 12.3. The normalized spacial score (nSPS) is 10.8. The van der Waals surface area contributed by atoms with Gasteiger partial charge in [-0.1, -0.05) is 17.7 Å². The van der Waals surface area contributed by atoms with E-state index in [0.29, 0.717) is 16.3 Å². The molecule has 8 heteroatoms. The Kier molecular flexibility index (Phi) is 4.02. The maximum atomic E-state index is 14.0. The lowest BCUT2D eigenvalue weighted by Gasteiger charge is -2.11. The number of halogens is 3. The molecule has 0 amide bonds. The number of benzene rings is 2. The molecular weight excluding hydrogens is 340 g/mol. The van der Waals surface area contributed by atoms with Crippen molar-refractivity contribution in [2.75, 3.05) is 5.32 Å². The molecule has 1 aromatic heterocycles. The molecule has 1 N–H and O–H groups in total. The summed E-state index contributed by atoms with van der Waals surface area (Å²) in [4.78, 5) is 14.9. The van der Waals surface area contributed by atoms with Crippen LogP contribution in [0.25, 0.3) is 10.8 Å². The van der Waals surface area contributed by atoms with Gasteiger partial charge >= 0.3 is 0 Å². The quantitative estimate of drug-likeness (QED) is 0.404. The monoisotopic (exact) mass is 349 g/mol. The highest BCUT2D eigenvalue weighted by atomic mass is 35.5. The summed E-state index contributed by atoms with van der Waals surface area (Å²) in [5.41, 5.74) is 0.272. The van der Waals surface area contributed by atoms with Crippen LogP contribution < -0.4 is 5.32 Å². The Hall–Kier alpha value is -2.80. The smallest absolute Gasteiger partial charge is 0.280 e. The van der Waals surface area contributed by atoms with E-state index in [1.165, 1.54) is 24.4 Å². The predicted molar refractivity (Wildman–Crippen MR) is 87.8 cm³/mol. The van der Waals surface area contributed by atoms with E-state index in [2.05, 4.69) is 10.3 Å². The first-order valence-corrected chi connectivity index (χ1v) is 7.21. The third kappa shape index (κ3) is 2.63. The highest BCUT2D eigenvalue weighted by Crippen LogP contribution is 2.34. The molecule has 0 aliphatic carbocycles. The number of rotatable bonds is 3. The van der Waals surface area contributed by atoms with Gasteiger partial charge in [0, 0.05) is 17.1 Å². The highest BCUT2D eigenvalue weighted by Gasteiger charge is 2.19. The fraction of sp³-hybridized carbons (Fsp3) is 0.0625. The van der Waals surface area contributed by atoms with Crippen LogP contribution in [0.15, 0.2) is 36.5 Å². The summed E-state index contributed by atoms with van der Waals surface area (Å²) in [6.07, 6.45) is 1.36. The van der Waals surface area contributed by atoms with Gasteiger partial charge in [-0.3, -0.25) is 10.1 Å². The Morgan fingerprint density at radius 3 is 2.58 bits per heavy atom. The van der Waals surface area contributed by atoms with Gasteiger partial charge in [0.2, 0.25) is 0 Å². The maximum Gasteiger partial charge on any atom is 0.280 e. The topological polar surface area (TPSA) is 68.1 Å². The van der Waals surface area contributed by atoms with Crippen LogP contribution in [0.2, 0.25) is 5.02 Å². The molecule has 5 nitrogen and oxygen atoms in total. The Labute approximate surface area is 140 Å². The maximum absolute atomic E-state index is 14.0. The van der Waals surface area contributed by atoms with Crippen molar-refractivity contribution in [3.05, 3.63) is 68.9 Å². The first-order chi connectivity index (χ1) is 11.4. The van der Waals surface area contributed by atoms with Gasteiger partial charge in [-0.25, -0.2) is 13.8 Å². The van der Waals surface area contributed by atoms with Crippen LogP contribution in [0.4, 0.5) is 26.0 Å². The number of aromatic nitrogens is 1. The van der Waals surface area contributed by atoms with E-state index in [-0.39, 0.29) is 22.2 Å². The fourth-order valence-electron chi connectivity index (χ4n) is 2.44. The van der Waals surface area contributed by atoms with Crippen molar-refractivity contribution < 1.29 is 13.7 Å². The molecule has 0 atom stereocenters. The van der Waals surface area contributed by atoms with Gasteiger partial charge in [0.15, 0.2) is 11.6 Å². The van der Waals surface area contributed by atoms with Gasteiger partial charge in [-0.15, -0.1) is 0 Å². The Morgan fingerprint density at radius 2 is 1.88 bits per heavy atom. The molecule has 0 saturated carbocycles. The number of pyridine rings is 1.